The van der Waals surface area contributed by atoms with Gasteiger partial charge in [0.2, 0.25) is 5.28 Å². The molecule has 0 saturated carbocycles. The zero-order valence-corrected chi connectivity index (χ0v) is 10.7. The van der Waals surface area contributed by atoms with Crippen molar-refractivity contribution < 1.29 is 0 Å². The van der Waals surface area contributed by atoms with Crippen molar-refractivity contribution in [3.8, 4) is 0 Å². The predicted molar refractivity (Wildman–Crippen MR) is 73.4 cm³/mol. The number of fused-ring (bicyclic) bond motifs is 1. The molecular weight excluding hydrogens is 246 g/mol. The SMILES string of the molecule is Clc1nc2c(c(Nc3ccccc3)n1)CCCC2. The van der Waals surface area contributed by atoms with Crippen LogP contribution >= 0.6 is 11.6 Å². The summed E-state index contributed by atoms with van der Waals surface area (Å²) in [5, 5.41) is 3.67. The molecule has 1 N–H and O–H groups in total. The van der Waals surface area contributed by atoms with Crippen LogP contribution in [0.15, 0.2) is 30.3 Å². The molecule has 1 aromatic carbocycles. The fraction of sp³-hybridized carbons (Fsp3) is 0.286. The van der Waals surface area contributed by atoms with Gasteiger partial charge in [-0.1, -0.05) is 18.2 Å². The summed E-state index contributed by atoms with van der Waals surface area (Å²) in [6, 6.07) is 10.0. The summed E-state index contributed by atoms with van der Waals surface area (Å²) in [4.78, 5) is 8.66. The number of halogens is 1. The van der Waals surface area contributed by atoms with Crippen LogP contribution in [-0.4, -0.2) is 9.97 Å². The number of hydrogen-bond donors (Lipinski definition) is 1. The highest BCUT2D eigenvalue weighted by Crippen LogP contribution is 2.28. The number of hydrogen-bond acceptors (Lipinski definition) is 3. The first-order chi connectivity index (χ1) is 8.83. The van der Waals surface area contributed by atoms with Crippen molar-refractivity contribution in [1.82, 2.24) is 9.97 Å². The van der Waals surface area contributed by atoms with Crippen molar-refractivity contribution in [1.29, 1.82) is 0 Å². The summed E-state index contributed by atoms with van der Waals surface area (Å²) < 4.78 is 0. The maximum absolute atomic E-state index is 5.99. The second-order valence-corrected chi connectivity index (χ2v) is 4.80. The van der Waals surface area contributed by atoms with E-state index in [2.05, 4.69) is 15.3 Å². The molecule has 1 heterocycles. The number of rotatable bonds is 2. The Morgan fingerprint density at radius 2 is 1.78 bits per heavy atom. The standard InChI is InChI=1S/C14H14ClN3/c15-14-17-12-9-5-4-8-11(12)13(18-14)16-10-6-2-1-3-7-10/h1-3,6-7H,4-5,8-9H2,(H,16,17,18). The number of nitrogens with zero attached hydrogens (tertiary/aromatic N) is 2. The van der Waals surface area contributed by atoms with Gasteiger partial charge >= 0.3 is 0 Å². The number of para-hydroxylation sites is 1. The summed E-state index contributed by atoms with van der Waals surface area (Å²) >= 11 is 5.99. The third kappa shape index (κ3) is 2.31. The van der Waals surface area contributed by atoms with Crippen LogP contribution < -0.4 is 5.32 Å². The van der Waals surface area contributed by atoms with Crippen molar-refractivity contribution in [2.75, 3.05) is 5.32 Å². The van der Waals surface area contributed by atoms with Crippen molar-refractivity contribution in [3.63, 3.8) is 0 Å². The molecule has 0 fully saturated rings. The summed E-state index contributed by atoms with van der Waals surface area (Å²) in [7, 11) is 0. The maximum atomic E-state index is 5.99. The van der Waals surface area contributed by atoms with Crippen molar-refractivity contribution >= 4 is 23.1 Å². The van der Waals surface area contributed by atoms with Crippen LogP contribution in [0, 0.1) is 0 Å². The Morgan fingerprint density at radius 1 is 1.00 bits per heavy atom. The van der Waals surface area contributed by atoms with Crippen LogP contribution in [0.4, 0.5) is 11.5 Å². The van der Waals surface area contributed by atoms with E-state index in [-0.39, 0.29) is 0 Å². The van der Waals surface area contributed by atoms with E-state index in [1.54, 1.807) is 0 Å². The Labute approximate surface area is 111 Å². The lowest BCUT2D eigenvalue weighted by Gasteiger charge is -2.18. The van der Waals surface area contributed by atoms with Gasteiger partial charge in [-0.3, -0.25) is 0 Å². The quantitative estimate of drug-likeness (QED) is 0.835. The van der Waals surface area contributed by atoms with Crippen LogP contribution in [0.5, 0.6) is 0 Å². The Morgan fingerprint density at radius 3 is 2.61 bits per heavy atom. The highest BCUT2D eigenvalue weighted by molar-refractivity contribution is 6.28. The lowest BCUT2D eigenvalue weighted by atomic mass is 9.96. The van der Waals surface area contributed by atoms with Gasteiger partial charge in [0, 0.05) is 11.3 Å². The minimum atomic E-state index is 0.328. The van der Waals surface area contributed by atoms with Gasteiger partial charge in [0.1, 0.15) is 5.82 Å². The summed E-state index contributed by atoms with van der Waals surface area (Å²) in [6.45, 7) is 0. The Bertz CT molecular complexity index is 554. The average Bonchev–Trinajstić information content (AvgIpc) is 2.40. The highest BCUT2D eigenvalue weighted by Gasteiger charge is 2.17. The smallest absolute Gasteiger partial charge is 0.224 e. The fourth-order valence-electron chi connectivity index (χ4n) is 2.33. The summed E-state index contributed by atoms with van der Waals surface area (Å²) in [6.07, 6.45) is 4.41. The minimum absolute atomic E-state index is 0.328. The molecule has 0 bridgehead atoms. The van der Waals surface area contributed by atoms with Crippen LogP contribution in [0.1, 0.15) is 24.1 Å². The van der Waals surface area contributed by atoms with Gasteiger partial charge in [0.15, 0.2) is 0 Å². The van der Waals surface area contributed by atoms with E-state index in [4.69, 9.17) is 11.6 Å². The number of aryl methyl sites for hydroxylation is 1. The summed E-state index contributed by atoms with van der Waals surface area (Å²) in [5.41, 5.74) is 3.34. The molecule has 2 aromatic rings. The van der Waals surface area contributed by atoms with Crippen molar-refractivity contribution in [3.05, 3.63) is 46.9 Å². The zero-order valence-electron chi connectivity index (χ0n) is 9.99. The molecule has 3 rings (SSSR count). The molecule has 0 aliphatic heterocycles. The molecule has 1 aliphatic carbocycles. The topological polar surface area (TPSA) is 37.8 Å². The Hall–Kier alpha value is -1.61. The lowest BCUT2D eigenvalue weighted by Crippen LogP contribution is -2.10. The normalized spacial score (nSPS) is 14.1. The second kappa shape index (κ2) is 4.94. The van der Waals surface area contributed by atoms with Crippen molar-refractivity contribution in [2.24, 2.45) is 0 Å². The molecule has 4 heteroatoms. The second-order valence-electron chi connectivity index (χ2n) is 4.46. The Balaban J connectivity index is 1.98. The molecule has 0 amide bonds. The van der Waals surface area contributed by atoms with Gasteiger partial charge in [0.05, 0.1) is 5.69 Å². The number of anilines is 2. The van der Waals surface area contributed by atoms with Gasteiger partial charge in [-0.25, -0.2) is 9.97 Å². The molecule has 0 atom stereocenters. The van der Waals surface area contributed by atoms with E-state index in [1.807, 2.05) is 30.3 Å². The van der Waals surface area contributed by atoms with Gasteiger partial charge < -0.3 is 5.32 Å². The van der Waals surface area contributed by atoms with Crippen LogP contribution in [-0.2, 0) is 12.8 Å². The van der Waals surface area contributed by atoms with Crippen LogP contribution in [0.25, 0.3) is 0 Å². The molecular formula is C14H14ClN3. The first-order valence-electron chi connectivity index (χ1n) is 6.20. The van der Waals surface area contributed by atoms with Crippen LogP contribution in [0.3, 0.4) is 0 Å². The predicted octanol–water partition coefficient (Wildman–Crippen LogP) is 3.75. The largest absolute Gasteiger partial charge is 0.340 e. The van der Waals surface area contributed by atoms with E-state index >= 15 is 0 Å². The third-order valence-electron chi connectivity index (χ3n) is 3.19. The van der Waals surface area contributed by atoms with Gasteiger partial charge in [0.25, 0.3) is 0 Å². The lowest BCUT2D eigenvalue weighted by molar-refractivity contribution is 0.664. The molecule has 0 saturated heterocycles. The average molecular weight is 260 g/mol. The first kappa shape index (κ1) is 11.5. The third-order valence-corrected chi connectivity index (χ3v) is 3.36. The number of benzene rings is 1. The van der Waals surface area contributed by atoms with Gasteiger partial charge in [-0.05, 0) is 49.4 Å². The zero-order chi connectivity index (χ0) is 12.4. The van der Waals surface area contributed by atoms with E-state index in [9.17, 15) is 0 Å². The van der Waals surface area contributed by atoms with Gasteiger partial charge in [-0.15, -0.1) is 0 Å². The van der Waals surface area contributed by atoms with Gasteiger partial charge in [-0.2, -0.15) is 0 Å². The molecule has 1 aromatic heterocycles. The molecule has 92 valence electrons. The number of nitrogens with one attached hydrogen (secondary N) is 1. The summed E-state index contributed by atoms with van der Waals surface area (Å²) in [5.74, 6) is 0.857. The minimum Gasteiger partial charge on any atom is -0.340 e. The fourth-order valence-corrected chi connectivity index (χ4v) is 2.51. The van der Waals surface area contributed by atoms with E-state index in [0.29, 0.717) is 5.28 Å². The Kier molecular flexibility index (Phi) is 3.15. The number of aromatic nitrogens is 2. The molecule has 0 spiro atoms. The highest BCUT2D eigenvalue weighted by atomic mass is 35.5. The van der Waals surface area contributed by atoms with E-state index in [1.165, 1.54) is 18.4 Å². The van der Waals surface area contributed by atoms with Crippen LogP contribution in [0.2, 0.25) is 5.28 Å². The van der Waals surface area contributed by atoms with E-state index in [0.717, 1.165) is 30.0 Å². The molecule has 1 aliphatic rings. The molecule has 3 nitrogen and oxygen atoms in total. The van der Waals surface area contributed by atoms with E-state index < -0.39 is 0 Å². The van der Waals surface area contributed by atoms with Crippen molar-refractivity contribution in [2.45, 2.75) is 25.7 Å². The molecule has 0 unspecified atom stereocenters. The maximum Gasteiger partial charge on any atom is 0.224 e. The first-order valence-corrected chi connectivity index (χ1v) is 6.58. The molecule has 18 heavy (non-hydrogen) atoms. The molecule has 0 radical (unpaired) electrons. The monoisotopic (exact) mass is 259 g/mol.